The average Bonchev–Trinajstić information content (AvgIpc) is 2.97. The van der Waals surface area contributed by atoms with Crippen molar-refractivity contribution in [1.82, 2.24) is 9.78 Å². The Bertz CT molecular complexity index is 1000. The Labute approximate surface area is 148 Å². The number of aromatic hydroxyl groups is 1. The van der Waals surface area contributed by atoms with Gasteiger partial charge in [0, 0.05) is 19.2 Å². The second-order valence-corrected chi connectivity index (χ2v) is 7.87. The first-order valence-corrected chi connectivity index (χ1v) is 9.45. The monoisotopic (exact) mass is 386 g/mol. The molecule has 0 amide bonds. The summed E-state index contributed by atoms with van der Waals surface area (Å²) in [6.45, 7) is 1.94. The summed E-state index contributed by atoms with van der Waals surface area (Å²) in [5.41, 5.74) is -1.49. The minimum absolute atomic E-state index is 0.0567. The fourth-order valence-corrected chi connectivity index (χ4v) is 4.70. The SMILES string of the molecule is CCn1ncc(C(=O)c2cc(F)c3c(c2F)C(OC)CCS3(=O)=O)c1O. The van der Waals surface area contributed by atoms with E-state index in [9.17, 15) is 22.7 Å². The normalized spacial score (nSPS) is 18.5. The molecule has 0 radical (unpaired) electrons. The van der Waals surface area contributed by atoms with Crippen LogP contribution in [0.15, 0.2) is 17.2 Å². The summed E-state index contributed by atoms with van der Waals surface area (Å²) < 4.78 is 60.1. The Kier molecular flexibility index (Phi) is 4.57. The smallest absolute Gasteiger partial charge is 0.220 e. The third-order valence-electron chi connectivity index (χ3n) is 4.37. The highest BCUT2D eigenvalue weighted by Gasteiger charge is 2.38. The molecule has 2 aromatic rings. The lowest BCUT2D eigenvalue weighted by Gasteiger charge is -2.26. The van der Waals surface area contributed by atoms with E-state index in [1.54, 1.807) is 6.92 Å². The summed E-state index contributed by atoms with van der Waals surface area (Å²) in [6.07, 6.45) is -0.0100. The zero-order chi connectivity index (χ0) is 19.2. The number of sulfone groups is 1. The van der Waals surface area contributed by atoms with Crippen LogP contribution >= 0.6 is 0 Å². The number of ether oxygens (including phenoxy) is 1. The number of halogens is 2. The molecule has 0 fully saturated rings. The molecule has 1 aliphatic rings. The highest BCUT2D eigenvalue weighted by molar-refractivity contribution is 7.91. The molecular weight excluding hydrogens is 370 g/mol. The number of aryl methyl sites for hydroxylation is 1. The van der Waals surface area contributed by atoms with Crippen LogP contribution in [-0.4, -0.2) is 42.0 Å². The number of hydrogen-bond acceptors (Lipinski definition) is 6. The molecule has 1 atom stereocenters. The van der Waals surface area contributed by atoms with Crippen LogP contribution in [0, 0.1) is 11.6 Å². The van der Waals surface area contributed by atoms with Gasteiger partial charge in [-0.1, -0.05) is 0 Å². The van der Waals surface area contributed by atoms with Crippen LogP contribution in [0.1, 0.15) is 40.9 Å². The van der Waals surface area contributed by atoms with Crippen LogP contribution in [0.5, 0.6) is 5.88 Å². The maximum Gasteiger partial charge on any atom is 0.220 e. The third-order valence-corrected chi connectivity index (χ3v) is 6.18. The van der Waals surface area contributed by atoms with E-state index in [-0.39, 0.29) is 24.3 Å². The molecule has 10 heteroatoms. The van der Waals surface area contributed by atoms with Gasteiger partial charge in [0.2, 0.25) is 11.7 Å². The molecule has 0 saturated heterocycles. The number of hydrogen-bond donors (Lipinski definition) is 1. The summed E-state index contributed by atoms with van der Waals surface area (Å²) in [6, 6.07) is 0.537. The standard InChI is InChI=1S/C16H16F2N2O5S/c1-3-20-16(22)9(7-19-20)14(21)8-6-10(17)15-12(13(8)18)11(25-2)4-5-26(15,23)24/h6-7,11,22H,3-5H2,1-2H3. The van der Waals surface area contributed by atoms with E-state index in [1.165, 1.54) is 7.11 Å². The summed E-state index contributed by atoms with van der Waals surface area (Å²) in [5, 5.41) is 13.8. The second-order valence-electron chi connectivity index (χ2n) is 5.82. The molecule has 1 aliphatic heterocycles. The fourth-order valence-electron chi connectivity index (χ4n) is 3.06. The lowest BCUT2D eigenvalue weighted by Crippen LogP contribution is -2.25. The Balaban J connectivity index is 2.23. The van der Waals surface area contributed by atoms with Crippen molar-refractivity contribution in [3.8, 4) is 5.88 Å². The molecule has 1 N–H and O–H groups in total. The van der Waals surface area contributed by atoms with Crippen molar-refractivity contribution in [1.29, 1.82) is 0 Å². The van der Waals surface area contributed by atoms with Crippen molar-refractivity contribution in [3.05, 3.63) is 40.6 Å². The maximum absolute atomic E-state index is 15.0. The highest BCUT2D eigenvalue weighted by Crippen LogP contribution is 2.39. The van der Waals surface area contributed by atoms with Crippen molar-refractivity contribution in [3.63, 3.8) is 0 Å². The van der Waals surface area contributed by atoms with Crippen LogP contribution < -0.4 is 0 Å². The summed E-state index contributed by atoms with van der Waals surface area (Å²) >= 11 is 0. The molecule has 0 aliphatic carbocycles. The Morgan fingerprint density at radius 3 is 2.69 bits per heavy atom. The molecular formula is C16H16F2N2O5S. The molecule has 1 unspecified atom stereocenters. The lowest BCUT2D eigenvalue weighted by molar-refractivity contribution is 0.0912. The van der Waals surface area contributed by atoms with E-state index >= 15 is 4.39 Å². The molecule has 3 rings (SSSR count). The predicted molar refractivity (Wildman–Crippen MR) is 85.8 cm³/mol. The van der Waals surface area contributed by atoms with Gasteiger partial charge in [0.15, 0.2) is 9.84 Å². The first-order chi connectivity index (χ1) is 12.2. The van der Waals surface area contributed by atoms with Crippen LogP contribution in [0.2, 0.25) is 0 Å². The molecule has 140 valence electrons. The summed E-state index contributed by atoms with van der Waals surface area (Å²) in [7, 11) is -2.78. The highest BCUT2D eigenvalue weighted by atomic mass is 32.2. The molecule has 26 heavy (non-hydrogen) atoms. The molecule has 0 spiro atoms. The zero-order valence-electron chi connectivity index (χ0n) is 14.0. The Morgan fingerprint density at radius 1 is 1.42 bits per heavy atom. The van der Waals surface area contributed by atoms with Gasteiger partial charge in [0.25, 0.3) is 0 Å². The number of nitrogens with zero attached hydrogens (tertiary/aromatic N) is 2. The number of benzene rings is 1. The van der Waals surface area contributed by atoms with Gasteiger partial charge in [-0.25, -0.2) is 21.9 Å². The third kappa shape index (κ3) is 2.69. The van der Waals surface area contributed by atoms with Gasteiger partial charge < -0.3 is 9.84 Å². The van der Waals surface area contributed by atoms with Crippen LogP contribution in [0.4, 0.5) is 8.78 Å². The molecule has 0 saturated carbocycles. The van der Waals surface area contributed by atoms with Crippen molar-refractivity contribution in [2.45, 2.75) is 30.9 Å². The molecule has 1 aromatic carbocycles. The topological polar surface area (TPSA) is 98.5 Å². The number of methoxy groups -OCH3 is 1. The van der Waals surface area contributed by atoms with E-state index in [2.05, 4.69) is 5.10 Å². The largest absolute Gasteiger partial charge is 0.493 e. The summed E-state index contributed by atoms with van der Waals surface area (Å²) in [4.78, 5) is 11.8. The van der Waals surface area contributed by atoms with Crippen molar-refractivity contribution in [2.24, 2.45) is 0 Å². The minimum Gasteiger partial charge on any atom is -0.493 e. The lowest BCUT2D eigenvalue weighted by atomic mass is 9.97. The number of fused-ring (bicyclic) bond motifs is 1. The van der Waals surface area contributed by atoms with E-state index < -0.39 is 55.3 Å². The Morgan fingerprint density at radius 2 is 2.12 bits per heavy atom. The van der Waals surface area contributed by atoms with Gasteiger partial charge in [0.1, 0.15) is 22.1 Å². The minimum atomic E-state index is -4.03. The van der Waals surface area contributed by atoms with Gasteiger partial charge in [-0.15, -0.1) is 0 Å². The van der Waals surface area contributed by atoms with Crippen molar-refractivity contribution in [2.75, 3.05) is 12.9 Å². The Hall–Kier alpha value is -2.33. The van der Waals surface area contributed by atoms with Gasteiger partial charge in [0.05, 0.1) is 23.6 Å². The zero-order valence-corrected chi connectivity index (χ0v) is 14.8. The molecule has 1 aromatic heterocycles. The molecule has 0 bridgehead atoms. The number of aromatic nitrogens is 2. The fraction of sp³-hybridized carbons (Fsp3) is 0.375. The average molecular weight is 386 g/mol. The second kappa shape index (κ2) is 6.44. The van der Waals surface area contributed by atoms with Crippen molar-refractivity contribution < 1.29 is 31.8 Å². The number of carbonyl (C=O) groups excluding carboxylic acids is 1. The van der Waals surface area contributed by atoms with Gasteiger partial charge in [-0.05, 0) is 19.4 Å². The number of carbonyl (C=O) groups is 1. The molecule has 2 heterocycles. The number of rotatable bonds is 4. The van der Waals surface area contributed by atoms with Gasteiger partial charge >= 0.3 is 0 Å². The van der Waals surface area contributed by atoms with Crippen LogP contribution in [-0.2, 0) is 21.1 Å². The van der Waals surface area contributed by atoms with E-state index in [0.29, 0.717) is 6.07 Å². The number of ketones is 1. The molecule has 7 nitrogen and oxygen atoms in total. The van der Waals surface area contributed by atoms with E-state index in [4.69, 9.17) is 4.74 Å². The van der Waals surface area contributed by atoms with Crippen LogP contribution in [0.3, 0.4) is 0 Å². The first-order valence-electron chi connectivity index (χ1n) is 7.79. The summed E-state index contributed by atoms with van der Waals surface area (Å²) in [5.74, 6) is -4.27. The van der Waals surface area contributed by atoms with Gasteiger partial charge in [-0.3, -0.25) is 4.79 Å². The predicted octanol–water partition coefficient (Wildman–Crippen LogP) is 1.98. The van der Waals surface area contributed by atoms with E-state index in [1.807, 2.05) is 0 Å². The quantitative estimate of drug-likeness (QED) is 0.807. The first kappa shape index (κ1) is 18.5. The van der Waals surface area contributed by atoms with Crippen LogP contribution in [0.25, 0.3) is 0 Å². The van der Waals surface area contributed by atoms with Crippen molar-refractivity contribution >= 4 is 15.6 Å². The maximum atomic E-state index is 15.0. The van der Waals surface area contributed by atoms with Gasteiger partial charge in [-0.2, -0.15) is 5.10 Å². The van der Waals surface area contributed by atoms with E-state index in [0.717, 1.165) is 10.9 Å².